The number of rotatable bonds is 7. The fourth-order valence-electron chi connectivity index (χ4n) is 3.14. The summed E-state index contributed by atoms with van der Waals surface area (Å²) in [5.41, 5.74) is 2.12. The summed E-state index contributed by atoms with van der Waals surface area (Å²) in [6, 6.07) is 14.0. The van der Waals surface area contributed by atoms with Crippen LogP contribution in [0, 0.1) is 0 Å². The number of benzene rings is 2. The SMILES string of the molecule is COc1cc(C2(/C=C/C=C(\Cl)c3ccccc3)SCCCS2)cc(OC)c1OC. The Morgan fingerprint density at radius 1 is 0.966 bits per heavy atom. The molecule has 0 radical (unpaired) electrons. The van der Waals surface area contributed by atoms with Gasteiger partial charge in [0.1, 0.15) is 4.08 Å². The smallest absolute Gasteiger partial charge is 0.203 e. The summed E-state index contributed by atoms with van der Waals surface area (Å²) in [4.78, 5) is 0. The molecule has 3 nitrogen and oxygen atoms in total. The number of hydrogen-bond donors (Lipinski definition) is 0. The summed E-state index contributed by atoms with van der Waals surface area (Å²) < 4.78 is 16.4. The van der Waals surface area contributed by atoms with Gasteiger partial charge in [-0.3, -0.25) is 0 Å². The largest absolute Gasteiger partial charge is 0.493 e. The van der Waals surface area contributed by atoms with Crippen LogP contribution < -0.4 is 14.2 Å². The van der Waals surface area contributed by atoms with E-state index in [1.165, 1.54) is 6.42 Å². The molecule has 0 saturated carbocycles. The van der Waals surface area contributed by atoms with Crippen LogP contribution in [-0.2, 0) is 4.08 Å². The fraction of sp³-hybridized carbons (Fsp3) is 0.304. The van der Waals surface area contributed by atoms with Gasteiger partial charge in [0, 0.05) is 5.03 Å². The molecule has 1 heterocycles. The lowest BCUT2D eigenvalue weighted by atomic mass is 10.1. The van der Waals surface area contributed by atoms with E-state index in [9.17, 15) is 0 Å². The molecular formula is C23H25ClO3S2. The Bertz CT molecular complexity index is 850. The summed E-state index contributed by atoms with van der Waals surface area (Å²) in [6.45, 7) is 0. The lowest BCUT2D eigenvalue weighted by Crippen LogP contribution is -2.20. The van der Waals surface area contributed by atoms with Crippen LogP contribution >= 0.6 is 35.1 Å². The van der Waals surface area contributed by atoms with Crippen LogP contribution in [0.15, 0.2) is 60.7 Å². The minimum Gasteiger partial charge on any atom is -0.493 e. The van der Waals surface area contributed by atoms with Crippen molar-refractivity contribution in [3.05, 3.63) is 71.8 Å². The summed E-state index contributed by atoms with van der Waals surface area (Å²) in [5, 5.41) is 0.715. The van der Waals surface area contributed by atoms with Gasteiger partial charge in [-0.15, -0.1) is 23.5 Å². The molecule has 2 aromatic carbocycles. The van der Waals surface area contributed by atoms with E-state index in [1.54, 1.807) is 21.3 Å². The van der Waals surface area contributed by atoms with Crippen LogP contribution in [0.25, 0.3) is 5.03 Å². The van der Waals surface area contributed by atoms with Gasteiger partial charge in [0.05, 0.1) is 21.3 Å². The van der Waals surface area contributed by atoms with Crippen LogP contribution in [0.4, 0.5) is 0 Å². The first-order valence-corrected chi connectivity index (χ1v) is 11.7. The number of ether oxygens (including phenoxy) is 3. The summed E-state index contributed by atoms with van der Waals surface area (Å²) >= 11 is 10.3. The molecule has 0 unspecified atom stereocenters. The molecular weight excluding hydrogens is 424 g/mol. The lowest BCUT2D eigenvalue weighted by Gasteiger charge is -2.34. The van der Waals surface area contributed by atoms with Gasteiger partial charge < -0.3 is 14.2 Å². The predicted octanol–water partition coefficient (Wildman–Crippen LogP) is 6.57. The summed E-state index contributed by atoms with van der Waals surface area (Å²) in [5.74, 6) is 4.11. The molecule has 154 valence electrons. The van der Waals surface area contributed by atoms with Crippen molar-refractivity contribution < 1.29 is 14.2 Å². The number of thioether (sulfide) groups is 2. The molecule has 0 aromatic heterocycles. The molecule has 1 aliphatic rings. The van der Waals surface area contributed by atoms with Crippen molar-refractivity contribution in [2.45, 2.75) is 10.5 Å². The zero-order valence-electron chi connectivity index (χ0n) is 16.8. The van der Waals surface area contributed by atoms with Crippen LogP contribution in [0.2, 0.25) is 0 Å². The third-order valence-electron chi connectivity index (χ3n) is 4.60. The Labute approximate surface area is 186 Å². The number of hydrogen-bond acceptors (Lipinski definition) is 5. The van der Waals surface area contributed by atoms with Crippen molar-refractivity contribution in [1.29, 1.82) is 0 Å². The molecule has 0 amide bonds. The molecule has 3 rings (SSSR count). The van der Waals surface area contributed by atoms with Crippen molar-refractivity contribution in [3.63, 3.8) is 0 Å². The van der Waals surface area contributed by atoms with E-state index in [4.69, 9.17) is 25.8 Å². The van der Waals surface area contributed by atoms with Crippen LogP contribution in [0.3, 0.4) is 0 Å². The highest BCUT2D eigenvalue weighted by atomic mass is 35.5. The van der Waals surface area contributed by atoms with E-state index in [2.05, 4.69) is 6.08 Å². The van der Waals surface area contributed by atoms with Gasteiger partial charge in [0.15, 0.2) is 11.5 Å². The second-order valence-electron chi connectivity index (χ2n) is 6.37. The Morgan fingerprint density at radius 3 is 2.14 bits per heavy atom. The number of allylic oxidation sites excluding steroid dienone is 2. The van der Waals surface area contributed by atoms with E-state index in [0.717, 1.165) is 22.6 Å². The maximum absolute atomic E-state index is 6.49. The Morgan fingerprint density at radius 2 is 1.59 bits per heavy atom. The van der Waals surface area contributed by atoms with Gasteiger partial charge in [-0.25, -0.2) is 0 Å². The first-order valence-electron chi connectivity index (χ1n) is 9.32. The van der Waals surface area contributed by atoms with E-state index >= 15 is 0 Å². The van der Waals surface area contributed by atoms with E-state index in [-0.39, 0.29) is 4.08 Å². The van der Waals surface area contributed by atoms with Gasteiger partial charge in [-0.1, -0.05) is 54.1 Å². The van der Waals surface area contributed by atoms with Crippen molar-refractivity contribution in [1.82, 2.24) is 0 Å². The minimum absolute atomic E-state index is 0.241. The molecule has 0 bridgehead atoms. The fourth-order valence-corrected chi connectivity index (χ4v) is 6.46. The van der Waals surface area contributed by atoms with Crippen molar-refractivity contribution in [2.24, 2.45) is 0 Å². The highest BCUT2D eigenvalue weighted by molar-refractivity contribution is 8.18. The van der Waals surface area contributed by atoms with Gasteiger partial charge >= 0.3 is 0 Å². The first kappa shape index (κ1) is 22.0. The zero-order valence-corrected chi connectivity index (χ0v) is 19.2. The Balaban J connectivity index is 1.99. The zero-order chi connectivity index (χ0) is 20.7. The summed E-state index contributed by atoms with van der Waals surface area (Å²) in [7, 11) is 4.91. The maximum atomic E-state index is 6.49. The molecule has 29 heavy (non-hydrogen) atoms. The van der Waals surface area contributed by atoms with Crippen molar-refractivity contribution in [3.8, 4) is 17.2 Å². The monoisotopic (exact) mass is 448 g/mol. The molecule has 0 aliphatic carbocycles. The second kappa shape index (κ2) is 10.4. The van der Waals surface area contributed by atoms with Crippen LogP contribution in [-0.4, -0.2) is 32.8 Å². The van der Waals surface area contributed by atoms with Crippen LogP contribution in [0.5, 0.6) is 17.2 Å². The standard InChI is InChI=1S/C23H25ClO3S2/c1-25-20-15-18(16-21(26-2)22(20)27-3)23(28-13-8-14-29-23)12-7-11-19(24)17-9-5-4-6-10-17/h4-7,9-12,15-16H,8,13-14H2,1-3H3/b12-7+,19-11-. The lowest BCUT2D eigenvalue weighted by molar-refractivity contribution is 0.324. The highest BCUT2D eigenvalue weighted by Gasteiger charge is 2.35. The normalized spacial score (nSPS) is 16.6. The predicted molar refractivity (Wildman–Crippen MR) is 127 cm³/mol. The van der Waals surface area contributed by atoms with Crippen LogP contribution in [0.1, 0.15) is 17.5 Å². The third-order valence-corrected chi connectivity index (χ3v) is 8.23. The van der Waals surface area contributed by atoms with Gasteiger partial charge in [-0.05, 0) is 47.3 Å². The maximum Gasteiger partial charge on any atom is 0.203 e. The average molecular weight is 449 g/mol. The molecule has 0 spiro atoms. The number of methoxy groups -OCH3 is 3. The molecule has 2 aromatic rings. The van der Waals surface area contributed by atoms with Gasteiger partial charge in [0.25, 0.3) is 0 Å². The molecule has 6 heteroatoms. The molecule has 0 N–H and O–H groups in total. The van der Waals surface area contributed by atoms with Crippen molar-refractivity contribution >= 4 is 40.2 Å². The van der Waals surface area contributed by atoms with E-state index < -0.39 is 0 Å². The highest BCUT2D eigenvalue weighted by Crippen LogP contribution is 2.54. The Kier molecular flexibility index (Phi) is 7.87. The average Bonchev–Trinajstić information content (AvgIpc) is 2.79. The summed E-state index contributed by atoms with van der Waals surface area (Å²) in [6.07, 6.45) is 7.40. The quantitative estimate of drug-likeness (QED) is 0.446. The third kappa shape index (κ3) is 5.08. The molecule has 1 aliphatic heterocycles. The van der Waals surface area contributed by atoms with Gasteiger partial charge in [-0.2, -0.15) is 0 Å². The molecule has 1 saturated heterocycles. The molecule has 1 fully saturated rings. The minimum atomic E-state index is -0.241. The van der Waals surface area contributed by atoms with E-state index in [0.29, 0.717) is 22.3 Å². The molecule has 0 atom stereocenters. The number of halogens is 1. The van der Waals surface area contributed by atoms with Crippen molar-refractivity contribution in [2.75, 3.05) is 32.8 Å². The van der Waals surface area contributed by atoms with E-state index in [1.807, 2.05) is 78.1 Å². The first-order chi connectivity index (χ1) is 14.1. The second-order valence-corrected chi connectivity index (χ2v) is 9.72. The van der Waals surface area contributed by atoms with Gasteiger partial charge in [0.2, 0.25) is 5.75 Å². The topological polar surface area (TPSA) is 27.7 Å². The Hall–Kier alpha value is -1.69.